The van der Waals surface area contributed by atoms with Crippen LogP contribution in [0.5, 0.6) is 0 Å². The first-order chi connectivity index (χ1) is 13.7. The molecule has 4 aromatic rings. The van der Waals surface area contributed by atoms with Crippen molar-refractivity contribution in [2.75, 3.05) is 11.9 Å². The Balaban J connectivity index is 1.42. The summed E-state index contributed by atoms with van der Waals surface area (Å²) in [7, 11) is 0. The molecule has 140 valence electrons. The zero-order valence-electron chi connectivity index (χ0n) is 15.2. The SMILES string of the molecule is O=C(NCCc1c[nH]c2ccccc12)c1ccccc1Nc1ccc(F)cc1. The highest BCUT2D eigenvalue weighted by molar-refractivity contribution is 6.00. The highest BCUT2D eigenvalue weighted by Crippen LogP contribution is 2.21. The Labute approximate surface area is 162 Å². The molecule has 3 N–H and O–H groups in total. The maximum absolute atomic E-state index is 13.1. The van der Waals surface area contributed by atoms with Gasteiger partial charge >= 0.3 is 0 Å². The number of amides is 1. The second-order valence-electron chi connectivity index (χ2n) is 6.54. The summed E-state index contributed by atoms with van der Waals surface area (Å²) < 4.78 is 13.1. The van der Waals surface area contributed by atoms with Crippen molar-refractivity contribution in [2.45, 2.75) is 6.42 Å². The largest absolute Gasteiger partial charge is 0.361 e. The molecule has 0 unspecified atom stereocenters. The minimum atomic E-state index is -0.297. The van der Waals surface area contributed by atoms with Crippen molar-refractivity contribution in [2.24, 2.45) is 0 Å². The average Bonchev–Trinajstić information content (AvgIpc) is 3.13. The Bertz CT molecular complexity index is 1100. The number of fused-ring (bicyclic) bond motifs is 1. The fourth-order valence-electron chi connectivity index (χ4n) is 3.22. The average molecular weight is 373 g/mol. The lowest BCUT2D eigenvalue weighted by Crippen LogP contribution is -2.26. The number of benzene rings is 3. The Hall–Kier alpha value is -3.60. The molecule has 4 rings (SSSR count). The third-order valence-corrected chi connectivity index (χ3v) is 4.65. The smallest absolute Gasteiger partial charge is 0.253 e. The number of halogens is 1. The molecule has 0 saturated carbocycles. The molecule has 0 spiro atoms. The molecule has 0 aliphatic heterocycles. The van der Waals surface area contributed by atoms with Gasteiger partial charge in [0.05, 0.1) is 11.3 Å². The predicted octanol–water partition coefficient (Wildman–Crippen LogP) is 5.02. The van der Waals surface area contributed by atoms with Gasteiger partial charge in [-0.15, -0.1) is 0 Å². The van der Waals surface area contributed by atoms with Crippen LogP contribution in [0.2, 0.25) is 0 Å². The normalized spacial score (nSPS) is 10.8. The third-order valence-electron chi connectivity index (χ3n) is 4.65. The molecule has 0 aliphatic carbocycles. The number of aromatic nitrogens is 1. The van der Waals surface area contributed by atoms with Gasteiger partial charge in [-0.1, -0.05) is 30.3 Å². The second-order valence-corrected chi connectivity index (χ2v) is 6.54. The van der Waals surface area contributed by atoms with Crippen molar-refractivity contribution in [3.8, 4) is 0 Å². The molecule has 1 amide bonds. The summed E-state index contributed by atoms with van der Waals surface area (Å²) in [5.41, 5.74) is 4.22. The van der Waals surface area contributed by atoms with Gasteiger partial charge in [0.2, 0.25) is 0 Å². The van der Waals surface area contributed by atoms with Crippen molar-refractivity contribution in [3.63, 3.8) is 0 Å². The number of H-pyrrole nitrogens is 1. The summed E-state index contributed by atoms with van der Waals surface area (Å²) in [6.45, 7) is 0.533. The zero-order chi connectivity index (χ0) is 19.3. The lowest BCUT2D eigenvalue weighted by molar-refractivity contribution is 0.0955. The molecule has 4 nitrogen and oxygen atoms in total. The van der Waals surface area contributed by atoms with Gasteiger partial charge in [-0.3, -0.25) is 4.79 Å². The van der Waals surface area contributed by atoms with Crippen LogP contribution >= 0.6 is 0 Å². The van der Waals surface area contributed by atoms with Gasteiger partial charge in [-0.05, 0) is 54.4 Å². The van der Waals surface area contributed by atoms with Crippen molar-refractivity contribution in [1.82, 2.24) is 10.3 Å². The molecule has 1 aromatic heterocycles. The van der Waals surface area contributed by atoms with Crippen LogP contribution in [0.25, 0.3) is 10.9 Å². The van der Waals surface area contributed by atoms with Gasteiger partial charge < -0.3 is 15.6 Å². The summed E-state index contributed by atoms with van der Waals surface area (Å²) in [6.07, 6.45) is 2.73. The Morgan fingerprint density at radius 2 is 1.68 bits per heavy atom. The molecular formula is C23H20FN3O. The number of hydrogen-bond donors (Lipinski definition) is 3. The highest BCUT2D eigenvalue weighted by Gasteiger charge is 2.11. The van der Waals surface area contributed by atoms with Gasteiger partial charge in [0, 0.05) is 29.3 Å². The lowest BCUT2D eigenvalue weighted by atomic mass is 10.1. The first kappa shape index (κ1) is 17.8. The van der Waals surface area contributed by atoms with E-state index in [0.717, 1.165) is 17.6 Å². The molecule has 0 saturated heterocycles. The van der Waals surface area contributed by atoms with E-state index in [-0.39, 0.29) is 11.7 Å². The van der Waals surface area contributed by atoms with Crippen LogP contribution in [0.1, 0.15) is 15.9 Å². The van der Waals surface area contributed by atoms with Crippen molar-refractivity contribution in [3.05, 3.63) is 95.9 Å². The second kappa shape index (κ2) is 7.96. The zero-order valence-corrected chi connectivity index (χ0v) is 15.2. The van der Waals surface area contributed by atoms with Crippen LogP contribution in [-0.4, -0.2) is 17.4 Å². The Morgan fingerprint density at radius 3 is 2.54 bits per heavy atom. The van der Waals surface area contributed by atoms with Crippen molar-refractivity contribution < 1.29 is 9.18 Å². The summed E-state index contributed by atoms with van der Waals surface area (Å²) in [4.78, 5) is 15.9. The molecule has 0 atom stereocenters. The van der Waals surface area contributed by atoms with Crippen LogP contribution < -0.4 is 10.6 Å². The summed E-state index contributed by atoms with van der Waals surface area (Å²) in [5, 5.41) is 7.34. The number of carbonyl (C=O) groups is 1. The van der Waals surface area contributed by atoms with E-state index in [1.165, 1.54) is 23.1 Å². The monoisotopic (exact) mass is 373 g/mol. The molecular weight excluding hydrogens is 353 g/mol. The molecule has 5 heteroatoms. The van der Waals surface area contributed by atoms with Crippen LogP contribution in [0, 0.1) is 5.82 Å². The number of hydrogen-bond acceptors (Lipinski definition) is 2. The van der Waals surface area contributed by atoms with E-state index in [2.05, 4.69) is 21.7 Å². The maximum atomic E-state index is 13.1. The van der Waals surface area contributed by atoms with Crippen LogP contribution in [0.4, 0.5) is 15.8 Å². The number of rotatable bonds is 6. The molecule has 0 bridgehead atoms. The molecule has 28 heavy (non-hydrogen) atoms. The summed E-state index contributed by atoms with van der Waals surface area (Å²) in [5.74, 6) is -0.445. The van der Waals surface area contributed by atoms with E-state index in [9.17, 15) is 9.18 Å². The maximum Gasteiger partial charge on any atom is 0.253 e. The fraction of sp³-hybridized carbons (Fsp3) is 0.0870. The Kier molecular flexibility index (Phi) is 5.06. The minimum Gasteiger partial charge on any atom is -0.361 e. The fourth-order valence-corrected chi connectivity index (χ4v) is 3.22. The predicted molar refractivity (Wildman–Crippen MR) is 110 cm³/mol. The Morgan fingerprint density at radius 1 is 0.929 bits per heavy atom. The van der Waals surface area contributed by atoms with Gasteiger partial charge in [-0.25, -0.2) is 4.39 Å². The van der Waals surface area contributed by atoms with E-state index < -0.39 is 0 Å². The van der Waals surface area contributed by atoms with Gasteiger partial charge in [0.25, 0.3) is 5.91 Å². The van der Waals surface area contributed by atoms with E-state index in [1.54, 1.807) is 18.2 Å². The quantitative estimate of drug-likeness (QED) is 0.444. The lowest BCUT2D eigenvalue weighted by Gasteiger charge is -2.12. The molecule has 1 heterocycles. The van der Waals surface area contributed by atoms with Crippen LogP contribution in [0.15, 0.2) is 79.0 Å². The number of para-hydroxylation sites is 2. The summed E-state index contributed by atoms with van der Waals surface area (Å²) in [6, 6.07) is 21.4. The van der Waals surface area contributed by atoms with E-state index in [1.807, 2.05) is 42.6 Å². The summed E-state index contributed by atoms with van der Waals surface area (Å²) >= 11 is 0. The van der Waals surface area contributed by atoms with E-state index >= 15 is 0 Å². The topological polar surface area (TPSA) is 56.9 Å². The van der Waals surface area contributed by atoms with E-state index in [0.29, 0.717) is 17.8 Å². The minimum absolute atomic E-state index is 0.148. The van der Waals surface area contributed by atoms with Crippen molar-refractivity contribution >= 4 is 28.2 Å². The highest BCUT2D eigenvalue weighted by atomic mass is 19.1. The number of nitrogens with one attached hydrogen (secondary N) is 3. The van der Waals surface area contributed by atoms with Gasteiger partial charge in [-0.2, -0.15) is 0 Å². The number of carbonyl (C=O) groups excluding carboxylic acids is 1. The van der Waals surface area contributed by atoms with Crippen molar-refractivity contribution in [1.29, 1.82) is 0 Å². The first-order valence-corrected chi connectivity index (χ1v) is 9.15. The van der Waals surface area contributed by atoms with Crippen LogP contribution in [-0.2, 0) is 6.42 Å². The van der Waals surface area contributed by atoms with E-state index in [4.69, 9.17) is 0 Å². The van der Waals surface area contributed by atoms with Crippen LogP contribution in [0.3, 0.4) is 0 Å². The first-order valence-electron chi connectivity index (χ1n) is 9.15. The standard InChI is InChI=1S/C23H20FN3O/c24-17-9-11-18(12-10-17)27-22-8-4-2-6-20(22)23(28)25-14-13-16-15-26-21-7-3-1-5-19(16)21/h1-12,15,26-27H,13-14H2,(H,25,28). The third kappa shape index (κ3) is 3.88. The van der Waals surface area contributed by atoms with Gasteiger partial charge in [0.1, 0.15) is 5.82 Å². The number of aromatic amines is 1. The molecule has 0 aliphatic rings. The molecule has 0 fully saturated rings. The molecule has 0 radical (unpaired) electrons. The van der Waals surface area contributed by atoms with Gasteiger partial charge in [0.15, 0.2) is 0 Å². The number of anilines is 2. The molecule has 3 aromatic carbocycles.